The maximum absolute atomic E-state index is 12.0. The average molecular weight is 291 g/mol. The fourth-order valence-electron chi connectivity index (χ4n) is 2.16. The Morgan fingerprint density at radius 3 is 2.95 bits per heavy atom. The van der Waals surface area contributed by atoms with Crippen molar-refractivity contribution < 1.29 is 9.32 Å². The third kappa shape index (κ3) is 2.60. The highest BCUT2D eigenvalue weighted by atomic mass is 32.1. The van der Waals surface area contributed by atoms with Gasteiger partial charge in [0.2, 0.25) is 11.8 Å². The number of rotatable bonds is 4. The topological polar surface area (TPSA) is 59.2 Å². The molecule has 2 aromatic rings. The van der Waals surface area contributed by atoms with E-state index in [2.05, 4.69) is 10.1 Å². The van der Waals surface area contributed by atoms with Crippen LogP contribution in [0.3, 0.4) is 0 Å². The van der Waals surface area contributed by atoms with Gasteiger partial charge in [-0.25, -0.2) is 0 Å². The van der Waals surface area contributed by atoms with Crippen molar-refractivity contribution in [3.63, 3.8) is 0 Å². The van der Waals surface area contributed by atoms with Gasteiger partial charge in [0, 0.05) is 23.9 Å². The zero-order valence-corrected chi connectivity index (χ0v) is 12.4. The number of aromatic nitrogens is 2. The van der Waals surface area contributed by atoms with Gasteiger partial charge in [0.1, 0.15) is 0 Å². The summed E-state index contributed by atoms with van der Waals surface area (Å²) in [5, 5.41) is 5.95. The molecule has 3 rings (SSSR count). The van der Waals surface area contributed by atoms with E-state index in [9.17, 15) is 4.79 Å². The van der Waals surface area contributed by atoms with Crippen LogP contribution in [-0.4, -0.2) is 34.0 Å². The van der Waals surface area contributed by atoms with Gasteiger partial charge in [0.05, 0.1) is 12.3 Å². The van der Waals surface area contributed by atoms with Gasteiger partial charge in [0.15, 0.2) is 5.82 Å². The number of carbonyl (C=O) groups is 1. The van der Waals surface area contributed by atoms with E-state index >= 15 is 0 Å². The Morgan fingerprint density at radius 2 is 2.35 bits per heavy atom. The zero-order chi connectivity index (χ0) is 14.1. The molecule has 0 spiro atoms. The van der Waals surface area contributed by atoms with Crippen molar-refractivity contribution in [3.05, 3.63) is 34.1 Å². The Morgan fingerprint density at radius 1 is 1.55 bits per heavy atom. The average Bonchev–Trinajstić information content (AvgIpc) is 2.97. The highest BCUT2D eigenvalue weighted by Crippen LogP contribution is 2.27. The maximum Gasteiger partial charge on any atom is 0.233 e. The molecular weight excluding hydrogens is 274 g/mol. The van der Waals surface area contributed by atoms with E-state index < -0.39 is 0 Å². The van der Waals surface area contributed by atoms with E-state index in [1.165, 1.54) is 0 Å². The molecule has 0 aliphatic carbocycles. The first-order chi connectivity index (χ1) is 9.63. The van der Waals surface area contributed by atoms with Crippen LogP contribution in [-0.2, 0) is 11.2 Å². The fourth-order valence-corrected chi connectivity index (χ4v) is 2.86. The molecule has 1 aliphatic rings. The molecule has 20 heavy (non-hydrogen) atoms. The second-order valence-corrected chi connectivity index (χ2v) is 6.43. The van der Waals surface area contributed by atoms with Crippen LogP contribution in [0.25, 0.3) is 0 Å². The molecule has 0 atom stereocenters. The molecule has 0 bridgehead atoms. The summed E-state index contributed by atoms with van der Waals surface area (Å²) in [4.78, 5) is 19.4. The fraction of sp³-hybridized carbons (Fsp3) is 0.500. The Kier molecular flexibility index (Phi) is 3.56. The van der Waals surface area contributed by atoms with Gasteiger partial charge in [0.25, 0.3) is 0 Å². The van der Waals surface area contributed by atoms with Crippen LogP contribution in [0.2, 0.25) is 0 Å². The van der Waals surface area contributed by atoms with E-state index in [0.29, 0.717) is 25.4 Å². The summed E-state index contributed by atoms with van der Waals surface area (Å²) >= 11 is 1.62. The number of hydrogen-bond donors (Lipinski definition) is 0. The molecule has 0 radical (unpaired) electrons. The summed E-state index contributed by atoms with van der Waals surface area (Å²) < 4.78 is 5.27. The van der Waals surface area contributed by atoms with Crippen molar-refractivity contribution in [1.82, 2.24) is 15.0 Å². The van der Waals surface area contributed by atoms with Crippen LogP contribution in [0, 0.1) is 0 Å². The van der Waals surface area contributed by atoms with Gasteiger partial charge in [-0.05, 0) is 11.4 Å². The Labute approximate surface area is 121 Å². The minimum atomic E-state index is 0.173. The van der Waals surface area contributed by atoms with Gasteiger partial charge in [-0.1, -0.05) is 25.1 Å². The monoisotopic (exact) mass is 291 g/mol. The maximum atomic E-state index is 12.0. The van der Waals surface area contributed by atoms with E-state index in [-0.39, 0.29) is 17.7 Å². The van der Waals surface area contributed by atoms with Crippen molar-refractivity contribution in [2.24, 2.45) is 0 Å². The molecule has 0 aromatic carbocycles. The molecule has 3 heterocycles. The van der Waals surface area contributed by atoms with Crippen LogP contribution in [0.1, 0.15) is 42.3 Å². The van der Waals surface area contributed by atoms with Gasteiger partial charge < -0.3 is 9.42 Å². The standard InChI is InChI=1S/C14H17N3O2S/c1-9(2)13-15-14(19-16-13)10-7-17(8-10)12(18)6-11-4-3-5-20-11/h3-5,9-10H,6-8H2,1-2H3. The van der Waals surface area contributed by atoms with Gasteiger partial charge in [-0.3, -0.25) is 4.79 Å². The van der Waals surface area contributed by atoms with Crippen molar-refractivity contribution in [2.75, 3.05) is 13.1 Å². The van der Waals surface area contributed by atoms with E-state index in [4.69, 9.17) is 4.52 Å². The van der Waals surface area contributed by atoms with Gasteiger partial charge in [-0.15, -0.1) is 11.3 Å². The Hall–Kier alpha value is -1.69. The molecule has 106 valence electrons. The SMILES string of the molecule is CC(C)c1noc(C2CN(C(=O)Cc3cccs3)C2)n1. The van der Waals surface area contributed by atoms with E-state index in [1.807, 2.05) is 36.3 Å². The number of likely N-dealkylation sites (tertiary alicyclic amines) is 1. The number of thiophene rings is 1. The summed E-state index contributed by atoms with van der Waals surface area (Å²) in [6, 6.07) is 3.96. The lowest BCUT2D eigenvalue weighted by Gasteiger charge is -2.37. The van der Waals surface area contributed by atoms with Gasteiger partial charge in [-0.2, -0.15) is 4.98 Å². The molecule has 0 unspecified atom stereocenters. The molecule has 1 saturated heterocycles. The molecular formula is C14H17N3O2S. The van der Waals surface area contributed by atoms with Crippen molar-refractivity contribution in [2.45, 2.75) is 32.1 Å². The largest absolute Gasteiger partial charge is 0.341 e. The predicted octanol–water partition coefficient (Wildman–Crippen LogP) is 2.42. The third-order valence-corrected chi connectivity index (χ3v) is 4.34. The Balaban J connectivity index is 1.54. The van der Waals surface area contributed by atoms with Crippen molar-refractivity contribution >= 4 is 17.2 Å². The number of amides is 1. The predicted molar refractivity (Wildman–Crippen MR) is 75.7 cm³/mol. The summed E-state index contributed by atoms with van der Waals surface area (Å²) in [6.07, 6.45) is 0.492. The highest BCUT2D eigenvalue weighted by molar-refractivity contribution is 7.10. The second-order valence-electron chi connectivity index (χ2n) is 5.40. The lowest BCUT2D eigenvalue weighted by molar-refractivity contribution is -0.135. The number of nitrogens with zero attached hydrogens (tertiary/aromatic N) is 3. The second kappa shape index (κ2) is 5.36. The first kappa shape index (κ1) is 13.3. The van der Waals surface area contributed by atoms with Crippen LogP contribution >= 0.6 is 11.3 Å². The normalized spacial score (nSPS) is 15.7. The third-order valence-electron chi connectivity index (χ3n) is 3.46. The first-order valence-electron chi connectivity index (χ1n) is 6.77. The van der Waals surface area contributed by atoms with Crippen LogP contribution < -0.4 is 0 Å². The Bertz CT molecular complexity index is 585. The van der Waals surface area contributed by atoms with E-state index in [0.717, 1.165) is 10.7 Å². The molecule has 2 aromatic heterocycles. The smallest absolute Gasteiger partial charge is 0.233 e. The lowest BCUT2D eigenvalue weighted by atomic mass is 9.99. The lowest BCUT2D eigenvalue weighted by Crippen LogP contribution is -2.49. The summed E-state index contributed by atoms with van der Waals surface area (Å²) in [5.41, 5.74) is 0. The molecule has 1 amide bonds. The minimum absolute atomic E-state index is 0.173. The molecule has 0 saturated carbocycles. The molecule has 1 fully saturated rings. The van der Waals surface area contributed by atoms with E-state index in [1.54, 1.807) is 11.3 Å². The summed E-state index contributed by atoms with van der Waals surface area (Å²) in [6.45, 7) is 5.44. The molecule has 5 nitrogen and oxygen atoms in total. The molecule has 6 heteroatoms. The van der Waals surface area contributed by atoms with Crippen molar-refractivity contribution in [3.8, 4) is 0 Å². The minimum Gasteiger partial charge on any atom is -0.341 e. The summed E-state index contributed by atoms with van der Waals surface area (Å²) in [5.74, 6) is 2.04. The summed E-state index contributed by atoms with van der Waals surface area (Å²) in [7, 11) is 0. The first-order valence-corrected chi connectivity index (χ1v) is 7.65. The molecule has 1 aliphatic heterocycles. The van der Waals surface area contributed by atoms with Gasteiger partial charge >= 0.3 is 0 Å². The number of carbonyl (C=O) groups excluding carboxylic acids is 1. The van der Waals surface area contributed by atoms with Crippen molar-refractivity contribution in [1.29, 1.82) is 0 Å². The highest BCUT2D eigenvalue weighted by Gasteiger charge is 2.35. The quantitative estimate of drug-likeness (QED) is 0.868. The van der Waals surface area contributed by atoms with Crippen LogP contribution in [0.5, 0.6) is 0 Å². The molecule has 0 N–H and O–H groups in total. The number of hydrogen-bond acceptors (Lipinski definition) is 5. The van der Waals surface area contributed by atoms with Crippen LogP contribution in [0.4, 0.5) is 0 Å². The van der Waals surface area contributed by atoms with Crippen LogP contribution in [0.15, 0.2) is 22.0 Å². The zero-order valence-electron chi connectivity index (χ0n) is 11.6.